The number of anilines is 2. The zero-order valence-electron chi connectivity index (χ0n) is 15.1. The lowest BCUT2D eigenvalue weighted by Gasteiger charge is -2.28. The fourth-order valence-corrected chi connectivity index (χ4v) is 3.20. The molecule has 1 aromatic heterocycles. The van der Waals surface area contributed by atoms with E-state index in [2.05, 4.69) is 41.6 Å². The fourth-order valence-electron chi connectivity index (χ4n) is 2.93. The third kappa shape index (κ3) is 4.55. The predicted molar refractivity (Wildman–Crippen MR) is 109 cm³/mol. The van der Waals surface area contributed by atoms with Gasteiger partial charge in [-0.3, -0.25) is 4.79 Å². The van der Waals surface area contributed by atoms with Gasteiger partial charge >= 0.3 is 0 Å². The van der Waals surface area contributed by atoms with Crippen LogP contribution in [0.25, 0.3) is 11.4 Å². The highest BCUT2D eigenvalue weighted by Crippen LogP contribution is 2.19. The second-order valence-electron chi connectivity index (χ2n) is 6.34. The largest absolute Gasteiger partial charge is 0.378 e. The molecule has 0 spiro atoms. The van der Waals surface area contributed by atoms with Crippen molar-refractivity contribution in [2.24, 2.45) is 0 Å². The lowest BCUT2D eigenvalue weighted by molar-refractivity contribution is -0.117. The summed E-state index contributed by atoms with van der Waals surface area (Å²) in [5.74, 6) is 0.272. The van der Waals surface area contributed by atoms with E-state index < -0.39 is 0 Å². The van der Waals surface area contributed by atoms with Gasteiger partial charge in [0.25, 0.3) is 0 Å². The highest BCUT2D eigenvalue weighted by Gasteiger charge is 2.12. The van der Waals surface area contributed by atoms with Gasteiger partial charge in [0.15, 0.2) is 0 Å². The molecule has 4 rings (SSSR count). The van der Waals surface area contributed by atoms with Gasteiger partial charge in [-0.25, -0.2) is 0 Å². The van der Waals surface area contributed by atoms with Crippen LogP contribution in [0.1, 0.15) is 0 Å². The smallest absolute Gasteiger partial charge is 0.248 e. The van der Waals surface area contributed by atoms with E-state index in [-0.39, 0.29) is 12.5 Å². The second-order valence-corrected chi connectivity index (χ2v) is 7.26. The summed E-state index contributed by atoms with van der Waals surface area (Å²) in [5, 5.41) is 15.1. The van der Waals surface area contributed by atoms with Crippen molar-refractivity contribution in [1.29, 1.82) is 0 Å². The van der Waals surface area contributed by atoms with E-state index in [0.717, 1.165) is 47.7 Å². The number of tetrazole rings is 1. The summed E-state index contributed by atoms with van der Waals surface area (Å²) in [7, 11) is 0. The maximum atomic E-state index is 12.3. The Kier molecular flexibility index (Phi) is 5.63. The first-order valence-corrected chi connectivity index (χ1v) is 9.73. The minimum atomic E-state index is -0.209. The minimum Gasteiger partial charge on any atom is -0.378 e. The molecule has 3 aromatic rings. The van der Waals surface area contributed by atoms with Gasteiger partial charge in [0.05, 0.1) is 13.2 Å². The number of aromatic nitrogens is 4. The molecule has 1 aliphatic rings. The minimum absolute atomic E-state index is 0.00521. The fraction of sp³-hybridized carbons (Fsp3) is 0.263. The monoisotopic (exact) mass is 442 g/mol. The molecule has 1 amide bonds. The number of nitrogens with zero attached hydrogens (tertiary/aromatic N) is 5. The van der Waals surface area contributed by atoms with E-state index in [4.69, 9.17) is 4.74 Å². The van der Waals surface area contributed by atoms with Gasteiger partial charge in [0.2, 0.25) is 11.7 Å². The van der Waals surface area contributed by atoms with Crippen molar-refractivity contribution in [2.75, 3.05) is 36.5 Å². The molecular weight excluding hydrogens is 424 g/mol. The third-order valence-corrected chi connectivity index (χ3v) is 4.90. The molecular formula is C19H19BrN6O2. The number of benzene rings is 2. The highest BCUT2D eigenvalue weighted by molar-refractivity contribution is 9.10. The normalized spacial score (nSPS) is 14.1. The predicted octanol–water partition coefficient (Wildman–Crippen LogP) is 2.58. The van der Waals surface area contributed by atoms with Crippen LogP contribution in [0.4, 0.5) is 11.4 Å². The Bertz CT molecular complexity index is 936. The molecule has 8 nitrogen and oxygen atoms in total. The van der Waals surface area contributed by atoms with Crippen molar-refractivity contribution >= 4 is 33.2 Å². The Morgan fingerprint density at radius 2 is 1.79 bits per heavy atom. The number of halogens is 1. The second kappa shape index (κ2) is 8.49. The zero-order valence-corrected chi connectivity index (χ0v) is 16.7. The van der Waals surface area contributed by atoms with Gasteiger partial charge in [0.1, 0.15) is 6.54 Å². The van der Waals surface area contributed by atoms with E-state index >= 15 is 0 Å². The molecule has 9 heteroatoms. The lowest BCUT2D eigenvalue weighted by Crippen LogP contribution is -2.36. The number of nitrogens with one attached hydrogen (secondary N) is 1. The van der Waals surface area contributed by atoms with Crippen molar-refractivity contribution < 1.29 is 9.53 Å². The molecule has 1 fully saturated rings. The molecule has 1 aliphatic heterocycles. The van der Waals surface area contributed by atoms with Crippen molar-refractivity contribution in [3.8, 4) is 11.4 Å². The standard InChI is InChI=1S/C19H19BrN6O2/c20-15-3-1-14(2-4-15)19-22-24-26(23-19)13-18(27)21-16-5-7-17(8-6-16)25-9-11-28-12-10-25/h1-8H,9-13H2,(H,21,27). The summed E-state index contributed by atoms with van der Waals surface area (Å²) in [6.45, 7) is 3.24. The first-order valence-electron chi connectivity index (χ1n) is 8.94. The first kappa shape index (κ1) is 18.6. The Morgan fingerprint density at radius 3 is 2.50 bits per heavy atom. The van der Waals surface area contributed by atoms with Gasteiger partial charge < -0.3 is 15.0 Å². The van der Waals surface area contributed by atoms with E-state index in [0.29, 0.717) is 5.82 Å². The molecule has 0 saturated carbocycles. The molecule has 2 heterocycles. The van der Waals surface area contributed by atoms with Crippen LogP contribution in [0.2, 0.25) is 0 Å². The van der Waals surface area contributed by atoms with E-state index in [9.17, 15) is 4.79 Å². The lowest BCUT2D eigenvalue weighted by atomic mass is 10.2. The van der Waals surface area contributed by atoms with Gasteiger partial charge in [-0.15, -0.1) is 10.2 Å². The SMILES string of the molecule is O=C(Cn1nnc(-c2ccc(Br)cc2)n1)Nc1ccc(N2CCOCC2)cc1. The number of ether oxygens (including phenoxy) is 1. The quantitative estimate of drug-likeness (QED) is 0.653. The van der Waals surface area contributed by atoms with Crippen LogP contribution in [0.3, 0.4) is 0 Å². The maximum absolute atomic E-state index is 12.3. The number of rotatable bonds is 5. The van der Waals surface area contributed by atoms with Crippen LogP contribution in [-0.2, 0) is 16.1 Å². The van der Waals surface area contributed by atoms with Gasteiger partial charge in [-0.05, 0) is 53.7 Å². The van der Waals surface area contributed by atoms with E-state index in [1.165, 1.54) is 4.80 Å². The first-order chi connectivity index (χ1) is 13.7. The average Bonchev–Trinajstić information content (AvgIpc) is 3.18. The van der Waals surface area contributed by atoms with Crippen molar-refractivity contribution in [3.63, 3.8) is 0 Å². The molecule has 0 radical (unpaired) electrons. The van der Waals surface area contributed by atoms with Crippen LogP contribution in [0, 0.1) is 0 Å². The number of hydrogen-bond donors (Lipinski definition) is 1. The molecule has 1 saturated heterocycles. The van der Waals surface area contributed by atoms with E-state index in [1.807, 2.05) is 48.5 Å². The Labute approximate surface area is 170 Å². The molecule has 144 valence electrons. The summed E-state index contributed by atoms with van der Waals surface area (Å²) in [4.78, 5) is 15.8. The average molecular weight is 443 g/mol. The van der Waals surface area contributed by atoms with Gasteiger partial charge in [-0.2, -0.15) is 4.80 Å². The molecule has 0 unspecified atom stereocenters. The van der Waals surface area contributed by atoms with Crippen molar-refractivity contribution in [2.45, 2.75) is 6.54 Å². The molecule has 0 atom stereocenters. The molecule has 0 bridgehead atoms. The van der Waals surface area contributed by atoms with Crippen LogP contribution in [-0.4, -0.2) is 52.4 Å². The summed E-state index contributed by atoms with van der Waals surface area (Å²) in [6.07, 6.45) is 0. The molecule has 28 heavy (non-hydrogen) atoms. The summed E-state index contributed by atoms with van der Waals surface area (Å²) >= 11 is 3.39. The number of amides is 1. The van der Waals surface area contributed by atoms with Crippen LogP contribution < -0.4 is 10.2 Å². The Balaban J connectivity index is 1.35. The molecule has 2 aromatic carbocycles. The Morgan fingerprint density at radius 1 is 1.07 bits per heavy atom. The molecule has 1 N–H and O–H groups in total. The summed E-state index contributed by atoms with van der Waals surface area (Å²) in [5.41, 5.74) is 2.70. The zero-order chi connectivity index (χ0) is 19.3. The Hall–Kier alpha value is -2.78. The summed E-state index contributed by atoms with van der Waals surface area (Å²) in [6, 6.07) is 15.4. The van der Waals surface area contributed by atoms with Crippen molar-refractivity contribution in [1.82, 2.24) is 20.2 Å². The highest BCUT2D eigenvalue weighted by atomic mass is 79.9. The van der Waals surface area contributed by atoms with Gasteiger partial charge in [-0.1, -0.05) is 15.9 Å². The number of hydrogen-bond acceptors (Lipinski definition) is 6. The third-order valence-electron chi connectivity index (χ3n) is 4.37. The van der Waals surface area contributed by atoms with Crippen LogP contribution in [0.15, 0.2) is 53.0 Å². The van der Waals surface area contributed by atoms with Crippen LogP contribution in [0.5, 0.6) is 0 Å². The van der Waals surface area contributed by atoms with Crippen molar-refractivity contribution in [3.05, 3.63) is 53.0 Å². The number of morpholine rings is 1. The van der Waals surface area contributed by atoms with Crippen LogP contribution >= 0.6 is 15.9 Å². The van der Waals surface area contributed by atoms with E-state index in [1.54, 1.807) is 0 Å². The maximum Gasteiger partial charge on any atom is 0.248 e. The topological polar surface area (TPSA) is 85.2 Å². The summed E-state index contributed by atoms with van der Waals surface area (Å²) < 4.78 is 6.34. The van der Waals surface area contributed by atoms with Gasteiger partial charge in [0, 0.05) is 34.5 Å². The molecule has 0 aliphatic carbocycles. The number of carbonyl (C=O) groups excluding carboxylic acids is 1. The number of carbonyl (C=O) groups is 1.